The Balaban J connectivity index is 2.52. The van der Waals surface area contributed by atoms with E-state index in [1.165, 1.54) is 0 Å². The van der Waals surface area contributed by atoms with Crippen molar-refractivity contribution in [1.29, 1.82) is 0 Å². The number of halogens is 4. The van der Waals surface area contributed by atoms with Crippen LogP contribution in [0.15, 0.2) is 32.7 Å². The average molecular weight is 367 g/mol. The van der Waals surface area contributed by atoms with E-state index < -0.39 is 49.4 Å². The minimum absolute atomic E-state index is 0.252. The molecule has 0 aliphatic carbocycles. The van der Waals surface area contributed by atoms with Crippen molar-refractivity contribution in [2.45, 2.75) is 18.0 Å². The molecule has 0 fully saturated rings. The second-order valence-electron chi connectivity index (χ2n) is 4.66. The second-order valence-corrected chi connectivity index (χ2v) is 6.28. The number of aryl methyl sites for hydroxylation is 1. The van der Waals surface area contributed by atoms with Crippen molar-refractivity contribution >= 4 is 15.7 Å². The SMILES string of the molecule is Cc1[nH]c(=O)[nH]c(=O)c1S(=O)(=O)Nc1ccc(F)c(C(F)(F)F)c1. The predicted octanol–water partition coefficient (Wildman–Crippen LogP) is 1.33. The number of hydrogen-bond donors (Lipinski definition) is 3. The zero-order valence-corrected chi connectivity index (χ0v) is 12.6. The second kappa shape index (κ2) is 5.78. The molecule has 0 aliphatic rings. The van der Waals surface area contributed by atoms with E-state index in [9.17, 15) is 35.6 Å². The van der Waals surface area contributed by atoms with Gasteiger partial charge in [-0.05, 0) is 25.1 Å². The number of nitrogens with one attached hydrogen (secondary N) is 3. The van der Waals surface area contributed by atoms with Gasteiger partial charge in [0, 0.05) is 11.4 Å². The van der Waals surface area contributed by atoms with Crippen molar-refractivity contribution < 1.29 is 26.0 Å². The Hall–Kier alpha value is -2.63. The third-order valence-corrected chi connectivity index (χ3v) is 4.40. The Morgan fingerprint density at radius 3 is 2.29 bits per heavy atom. The summed E-state index contributed by atoms with van der Waals surface area (Å²) in [5, 5.41) is 0. The van der Waals surface area contributed by atoms with Crippen LogP contribution in [0.3, 0.4) is 0 Å². The fourth-order valence-corrected chi connectivity index (χ4v) is 3.21. The molecule has 0 aliphatic heterocycles. The van der Waals surface area contributed by atoms with Crippen molar-refractivity contribution in [2.75, 3.05) is 4.72 Å². The van der Waals surface area contributed by atoms with Crippen molar-refractivity contribution in [1.82, 2.24) is 9.97 Å². The number of anilines is 1. The summed E-state index contributed by atoms with van der Waals surface area (Å²) in [6.45, 7) is 1.12. The maximum absolute atomic E-state index is 13.2. The van der Waals surface area contributed by atoms with Crippen LogP contribution in [-0.2, 0) is 16.2 Å². The fraction of sp³-hybridized carbons (Fsp3) is 0.167. The van der Waals surface area contributed by atoms with E-state index in [4.69, 9.17) is 0 Å². The van der Waals surface area contributed by atoms with Crippen LogP contribution in [0, 0.1) is 12.7 Å². The average Bonchev–Trinajstić information content (AvgIpc) is 2.37. The molecule has 2 aromatic rings. The molecule has 0 saturated heterocycles. The van der Waals surface area contributed by atoms with Gasteiger partial charge in [-0.1, -0.05) is 0 Å². The number of rotatable bonds is 3. The Morgan fingerprint density at radius 1 is 1.12 bits per heavy atom. The van der Waals surface area contributed by atoms with Crippen molar-refractivity contribution in [2.24, 2.45) is 0 Å². The summed E-state index contributed by atoms with van der Waals surface area (Å²) in [5.41, 5.74) is -4.78. The molecule has 12 heteroatoms. The van der Waals surface area contributed by atoms with Crippen molar-refractivity contribution in [3.8, 4) is 0 Å². The van der Waals surface area contributed by atoms with Gasteiger partial charge in [0.25, 0.3) is 15.6 Å². The minimum Gasteiger partial charge on any atom is -0.310 e. The Bertz CT molecular complexity index is 1010. The predicted molar refractivity (Wildman–Crippen MR) is 74.6 cm³/mol. The van der Waals surface area contributed by atoms with Gasteiger partial charge >= 0.3 is 11.9 Å². The van der Waals surface area contributed by atoms with Gasteiger partial charge in [-0.25, -0.2) is 17.6 Å². The lowest BCUT2D eigenvalue weighted by Gasteiger charge is -2.12. The third kappa shape index (κ3) is 3.48. The number of aromatic nitrogens is 2. The zero-order valence-electron chi connectivity index (χ0n) is 11.8. The monoisotopic (exact) mass is 367 g/mol. The van der Waals surface area contributed by atoms with Crippen LogP contribution in [-0.4, -0.2) is 18.4 Å². The summed E-state index contributed by atoms with van der Waals surface area (Å²) in [5.74, 6) is -1.58. The molecule has 0 amide bonds. The molecule has 0 saturated carbocycles. The number of hydrogen-bond acceptors (Lipinski definition) is 4. The lowest BCUT2D eigenvalue weighted by molar-refractivity contribution is -0.139. The standard InChI is InChI=1S/C12H9F4N3O4S/c1-5-9(10(20)18-11(21)17-5)24(22,23)19-6-2-3-8(13)7(4-6)12(14,15)16/h2-4,19H,1H3,(H2,17,18,20,21). The highest BCUT2D eigenvalue weighted by atomic mass is 32.2. The molecule has 0 unspecified atom stereocenters. The smallest absolute Gasteiger partial charge is 0.310 e. The molecule has 130 valence electrons. The molecule has 0 bridgehead atoms. The fourth-order valence-electron chi connectivity index (χ4n) is 1.92. The molecule has 7 nitrogen and oxygen atoms in total. The van der Waals surface area contributed by atoms with Gasteiger partial charge in [-0.15, -0.1) is 0 Å². The largest absolute Gasteiger partial charge is 0.419 e. The van der Waals surface area contributed by atoms with Crippen LogP contribution in [0.1, 0.15) is 11.3 Å². The molecule has 24 heavy (non-hydrogen) atoms. The lowest BCUT2D eigenvalue weighted by Crippen LogP contribution is -2.31. The first-order valence-electron chi connectivity index (χ1n) is 6.14. The molecule has 1 aromatic heterocycles. The minimum atomic E-state index is -5.03. The van der Waals surface area contributed by atoms with Gasteiger partial charge in [0.1, 0.15) is 5.82 Å². The van der Waals surface area contributed by atoms with Gasteiger partial charge in [0.05, 0.1) is 5.56 Å². The van der Waals surface area contributed by atoms with Crippen LogP contribution < -0.4 is 16.0 Å². The first-order valence-corrected chi connectivity index (χ1v) is 7.63. The first kappa shape index (κ1) is 17.7. The molecule has 1 aromatic carbocycles. The van der Waals surface area contributed by atoms with Gasteiger partial charge in [-0.2, -0.15) is 13.2 Å². The van der Waals surface area contributed by atoms with E-state index in [0.29, 0.717) is 6.07 Å². The van der Waals surface area contributed by atoms with E-state index in [1.54, 1.807) is 9.71 Å². The topological polar surface area (TPSA) is 112 Å². The first-order chi connectivity index (χ1) is 10.9. The molecule has 2 rings (SSSR count). The summed E-state index contributed by atoms with van der Waals surface area (Å²) in [7, 11) is -4.62. The highest BCUT2D eigenvalue weighted by Crippen LogP contribution is 2.33. The summed E-state index contributed by atoms with van der Waals surface area (Å²) in [6, 6.07) is 1.45. The highest BCUT2D eigenvalue weighted by Gasteiger charge is 2.34. The van der Waals surface area contributed by atoms with E-state index in [1.807, 2.05) is 4.98 Å². The van der Waals surface area contributed by atoms with E-state index >= 15 is 0 Å². The molecular weight excluding hydrogens is 358 g/mol. The van der Waals surface area contributed by atoms with Crippen LogP contribution in [0.4, 0.5) is 23.2 Å². The van der Waals surface area contributed by atoms with E-state index in [-0.39, 0.29) is 11.8 Å². The Labute approximate surface area is 131 Å². The van der Waals surface area contributed by atoms with Crippen molar-refractivity contribution in [3.05, 3.63) is 56.1 Å². The zero-order chi connectivity index (χ0) is 18.3. The molecule has 0 radical (unpaired) electrons. The molecular formula is C12H9F4N3O4S. The van der Waals surface area contributed by atoms with Crippen LogP contribution in [0.2, 0.25) is 0 Å². The maximum atomic E-state index is 13.2. The van der Waals surface area contributed by atoms with Crippen LogP contribution in [0.5, 0.6) is 0 Å². The normalized spacial score (nSPS) is 12.2. The van der Waals surface area contributed by atoms with Gasteiger partial charge in [-0.3, -0.25) is 14.5 Å². The molecule has 0 atom stereocenters. The number of H-pyrrole nitrogens is 2. The van der Waals surface area contributed by atoms with Gasteiger partial charge in [0.15, 0.2) is 4.90 Å². The van der Waals surface area contributed by atoms with Gasteiger partial charge < -0.3 is 4.98 Å². The number of benzene rings is 1. The van der Waals surface area contributed by atoms with Crippen LogP contribution >= 0.6 is 0 Å². The Morgan fingerprint density at radius 2 is 1.75 bits per heavy atom. The molecule has 3 N–H and O–H groups in total. The maximum Gasteiger partial charge on any atom is 0.419 e. The van der Waals surface area contributed by atoms with Crippen molar-refractivity contribution in [3.63, 3.8) is 0 Å². The van der Waals surface area contributed by atoms with Gasteiger partial charge in [0.2, 0.25) is 0 Å². The number of aromatic amines is 2. The quantitative estimate of drug-likeness (QED) is 0.711. The molecule has 1 heterocycles. The van der Waals surface area contributed by atoms with Crippen LogP contribution in [0.25, 0.3) is 0 Å². The number of sulfonamides is 1. The van der Waals surface area contributed by atoms with E-state index in [0.717, 1.165) is 13.0 Å². The summed E-state index contributed by atoms with van der Waals surface area (Å²) in [4.78, 5) is 25.6. The van der Waals surface area contributed by atoms with E-state index in [2.05, 4.69) is 0 Å². The summed E-state index contributed by atoms with van der Waals surface area (Å²) >= 11 is 0. The summed E-state index contributed by atoms with van der Waals surface area (Å²) < 4.78 is 77.2. The highest BCUT2D eigenvalue weighted by molar-refractivity contribution is 7.92. The number of alkyl halides is 3. The molecule has 0 spiro atoms. The Kier molecular flexibility index (Phi) is 4.27. The summed E-state index contributed by atoms with van der Waals surface area (Å²) in [6.07, 6.45) is -5.03. The lowest BCUT2D eigenvalue weighted by atomic mass is 10.2. The third-order valence-electron chi connectivity index (χ3n) is 2.87.